The first-order valence-electron chi connectivity index (χ1n) is 2.97. The Labute approximate surface area is 54.6 Å². The van der Waals surface area contributed by atoms with Crippen molar-refractivity contribution >= 4 is 5.91 Å². The second-order valence-electron chi connectivity index (χ2n) is 2.23. The van der Waals surface area contributed by atoms with Crippen LogP contribution in [0.2, 0.25) is 0 Å². The minimum Gasteiger partial charge on any atom is -0.359 e. The second-order valence-corrected chi connectivity index (χ2v) is 2.23. The summed E-state index contributed by atoms with van der Waals surface area (Å²) in [5.41, 5.74) is 0. The van der Waals surface area contributed by atoms with Gasteiger partial charge in [0.15, 0.2) is 0 Å². The van der Waals surface area contributed by atoms with Gasteiger partial charge in [-0.15, -0.1) is 12.3 Å². The Kier molecular flexibility index (Phi) is 1.44. The molecule has 0 heterocycles. The third-order valence-corrected chi connectivity index (χ3v) is 1.59. The SMILES string of the molecule is C#C[C@@H]1CC1C(=O)NC. The lowest BCUT2D eigenvalue weighted by atomic mass is 10.3. The Morgan fingerprint density at radius 1 is 1.89 bits per heavy atom. The zero-order valence-corrected chi connectivity index (χ0v) is 5.35. The van der Waals surface area contributed by atoms with Gasteiger partial charge in [0.25, 0.3) is 0 Å². The van der Waals surface area contributed by atoms with Gasteiger partial charge < -0.3 is 5.32 Å². The summed E-state index contributed by atoms with van der Waals surface area (Å²) >= 11 is 0. The Balaban J connectivity index is 2.36. The molecule has 0 aromatic heterocycles. The maximum Gasteiger partial charge on any atom is 0.224 e. The summed E-state index contributed by atoms with van der Waals surface area (Å²) in [6, 6.07) is 0. The zero-order valence-electron chi connectivity index (χ0n) is 5.35. The average molecular weight is 123 g/mol. The standard InChI is InChI=1S/C7H9NO/c1-3-5-4-6(5)7(9)8-2/h1,5-6H,4H2,2H3,(H,8,9)/t5-,6?/m1/s1. The molecule has 9 heavy (non-hydrogen) atoms. The van der Waals surface area contributed by atoms with E-state index in [9.17, 15) is 4.79 Å². The van der Waals surface area contributed by atoms with Crippen LogP contribution in [0.4, 0.5) is 0 Å². The Morgan fingerprint density at radius 2 is 2.56 bits per heavy atom. The van der Waals surface area contributed by atoms with E-state index < -0.39 is 0 Å². The third kappa shape index (κ3) is 1.05. The molecule has 48 valence electrons. The minimum absolute atomic E-state index is 0.0814. The van der Waals surface area contributed by atoms with E-state index in [1.807, 2.05) is 0 Å². The lowest BCUT2D eigenvalue weighted by Gasteiger charge is -1.91. The quantitative estimate of drug-likeness (QED) is 0.489. The molecule has 0 spiro atoms. The monoisotopic (exact) mass is 123 g/mol. The highest BCUT2D eigenvalue weighted by molar-refractivity contribution is 5.81. The number of hydrogen-bond donors (Lipinski definition) is 1. The van der Waals surface area contributed by atoms with Crippen molar-refractivity contribution in [1.29, 1.82) is 0 Å². The molecule has 1 fully saturated rings. The molecule has 1 rings (SSSR count). The number of carbonyl (C=O) groups excluding carboxylic acids is 1. The summed E-state index contributed by atoms with van der Waals surface area (Å²) in [6.07, 6.45) is 5.96. The first-order valence-corrected chi connectivity index (χ1v) is 2.97. The van der Waals surface area contributed by atoms with E-state index in [-0.39, 0.29) is 17.7 Å². The van der Waals surface area contributed by atoms with Gasteiger partial charge in [-0.3, -0.25) is 4.79 Å². The summed E-state index contributed by atoms with van der Waals surface area (Å²) in [5, 5.41) is 2.56. The summed E-state index contributed by atoms with van der Waals surface area (Å²) in [6.45, 7) is 0. The van der Waals surface area contributed by atoms with Crippen LogP contribution in [-0.2, 0) is 4.79 Å². The van der Waals surface area contributed by atoms with Crippen molar-refractivity contribution < 1.29 is 4.79 Å². The molecular weight excluding hydrogens is 114 g/mol. The van der Waals surface area contributed by atoms with Gasteiger partial charge in [0.2, 0.25) is 5.91 Å². The van der Waals surface area contributed by atoms with Gasteiger partial charge in [0.1, 0.15) is 0 Å². The van der Waals surface area contributed by atoms with Gasteiger partial charge in [-0.1, -0.05) is 0 Å². The molecule has 1 aliphatic rings. The molecule has 0 aromatic rings. The molecule has 1 N–H and O–H groups in total. The maximum absolute atomic E-state index is 10.7. The van der Waals surface area contributed by atoms with Crippen LogP contribution in [0.1, 0.15) is 6.42 Å². The third-order valence-electron chi connectivity index (χ3n) is 1.59. The number of carbonyl (C=O) groups is 1. The van der Waals surface area contributed by atoms with Crippen LogP contribution in [-0.4, -0.2) is 13.0 Å². The molecule has 0 bridgehead atoms. The smallest absolute Gasteiger partial charge is 0.224 e. The molecule has 0 aliphatic heterocycles. The first-order chi connectivity index (χ1) is 4.29. The normalized spacial score (nSPS) is 30.7. The van der Waals surface area contributed by atoms with Crippen LogP contribution in [0.15, 0.2) is 0 Å². The Bertz CT molecular complexity index is 168. The summed E-state index contributed by atoms with van der Waals surface area (Å²) in [5.74, 6) is 2.95. The molecule has 2 heteroatoms. The maximum atomic E-state index is 10.7. The highest BCUT2D eigenvalue weighted by Crippen LogP contribution is 2.37. The molecule has 0 radical (unpaired) electrons. The Hall–Kier alpha value is -0.970. The number of nitrogens with one attached hydrogen (secondary N) is 1. The topological polar surface area (TPSA) is 29.1 Å². The molecular formula is C7H9NO. The minimum atomic E-state index is 0.0814. The fourth-order valence-corrected chi connectivity index (χ4v) is 0.854. The summed E-state index contributed by atoms with van der Waals surface area (Å²) in [4.78, 5) is 10.7. The van der Waals surface area contributed by atoms with Crippen molar-refractivity contribution in [3.63, 3.8) is 0 Å². The lowest BCUT2D eigenvalue weighted by Crippen LogP contribution is -2.20. The van der Waals surface area contributed by atoms with Gasteiger partial charge in [0.05, 0.1) is 5.92 Å². The molecule has 1 amide bonds. The molecule has 1 saturated carbocycles. The van der Waals surface area contributed by atoms with Gasteiger partial charge in [-0.25, -0.2) is 0 Å². The molecule has 0 saturated heterocycles. The lowest BCUT2D eigenvalue weighted by molar-refractivity contribution is -0.121. The van der Waals surface area contributed by atoms with Gasteiger partial charge in [-0.05, 0) is 6.42 Å². The highest BCUT2D eigenvalue weighted by atomic mass is 16.1. The van der Waals surface area contributed by atoms with Crippen LogP contribution < -0.4 is 5.32 Å². The van der Waals surface area contributed by atoms with E-state index in [1.165, 1.54) is 0 Å². The van der Waals surface area contributed by atoms with E-state index in [0.717, 1.165) is 6.42 Å². The van der Waals surface area contributed by atoms with Crippen LogP contribution in [0.5, 0.6) is 0 Å². The number of terminal acetylenes is 1. The van der Waals surface area contributed by atoms with Crippen molar-refractivity contribution in [2.45, 2.75) is 6.42 Å². The molecule has 2 nitrogen and oxygen atoms in total. The molecule has 0 aromatic carbocycles. The van der Waals surface area contributed by atoms with Gasteiger partial charge in [-0.2, -0.15) is 0 Å². The van der Waals surface area contributed by atoms with E-state index >= 15 is 0 Å². The van der Waals surface area contributed by atoms with E-state index in [2.05, 4.69) is 11.2 Å². The number of rotatable bonds is 1. The highest BCUT2D eigenvalue weighted by Gasteiger charge is 2.40. The van der Waals surface area contributed by atoms with Crippen molar-refractivity contribution in [2.75, 3.05) is 7.05 Å². The predicted molar refractivity (Wildman–Crippen MR) is 34.5 cm³/mol. The van der Waals surface area contributed by atoms with Crippen molar-refractivity contribution in [2.24, 2.45) is 11.8 Å². The van der Waals surface area contributed by atoms with Crippen LogP contribution >= 0.6 is 0 Å². The zero-order chi connectivity index (χ0) is 6.85. The number of hydrogen-bond acceptors (Lipinski definition) is 1. The fraction of sp³-hybridized carbons (Fsp3) is 0.571. The van der Waals surface area contributed by atoms with Crippen LogP contribution in [0, 0.1) is 24.2 Å². The van der Waals surface area contributed by atoms with E-state index in [0.29, 0.717) is 0 Å². The predicted octanol–water partition coefficient (Wildman–Crippen LogP) is 0.00170. The van der Waals surface area contributed by atoms with Crippen molar-refractivity contribution in [3.8, 4) is 12.3 Å². The van der Waals surface area contributed by atoms with Gasteiger partial charge in [0, 0.05) is 13.0 Å². The van der Waals surface area contributed by atoms with Crippen molar-refractivity contribution in [3.05, 3.63) is 0 Å². The summed E-state index contributed by atoms with van der Waals surface area (Å²) in [7, 11) is 1.63. The largest absolute Gasteiger partial charge is 0.359 e. The van der Waals surface area contributed by atoms with E-state index in [4.69, 9.17) is 6.42 Å². The molecule has 1 unspecified atom stereocenters. The number of amides is 1. The van der Waals surface area contributed by atoms with Crippen molar-refractivity contribution in [1.82, 2.24) is 5.32 Å². The van der Waals surface area contributed by atoms with Crippen LogP contribution in [0.25, 0.3) is 0 Å². The summed E-state index contributed by atoms with van der Waals surface area (Å²) < 4.78 is 0. The van der Waals surface area contributed by atoms with E-state index in [1.54, 1.807) is 7.05 Å². The fourth-order valence-electron chi connectivity index (χ4n) is 0.854. The molecule has 1 aliphatic carbocycles. The van der Waals surface area contributed by atoms with Gasteiger partial charge >= 0.3 is 0 Å². The first kappa shape index (κ1) is 6.15. The molecule has 2 atom stereocenters. The Morgan fingerprint density at radius 3 is 2.89 bits per heavy atom. The average Bonchev–Trinajstić information content (AvgIpc) is 2.64. The van der Waals surface area contributed by atoms with Crippen LogP contribution in [0.3, 0.4) is 0 Å². The second kappa shape index (κ2) is 2.10.